The average Bonchev–Trinajstić information content (AvgIpc) is 2.33. The predicted molar refractivity (Wildman–Crippen MR) is 64.8 cm³/mol. The Kier molecular flexibility index (Phi) is 3.74. The molecule has 4 nitrogen and oxygen atoms in total. The maximum absolute atomic E-state index is 5.33. The number of hydrogen-bond donors (Lipinski definition) is 1. The molecule has 0 amide bonds. The van der Waals surface area contributed by atoms with Gasteiger partial charge in [0.25, 0.3) is 0 Å². The minimum Gasteiger partial charge on any atom is -0.378 e. The van der Waals surface area contributed by atoms with Crippen LogP contribution in [-0.2, 0) is 11.3 Å². The van der Waals surface area contributed by atoms with Crippen molar-refractivity contribution in [1.29, 1.82) is 0 Å². The van der Waals surface area contributed by atoms with E-state index in [4.69, 9.17) is 4.74 Å². The zero-order valence-corrected chi connectivity index (χ0v) is 9.99. The first kappa shape index (κ1) is 11.4. The second-order valence-electron chi connectivity index (χ2n) is 4.10. The van der Waals surface area contributed by atoms with Crippen LogP contribution in [0.5, 0.6) is 0 Å². The van der Waals surface area contributed by atoms with Gasteiger partial charge in [-0.25, -0.2) is 4.98 Å². The normalized spacial score (nSPS) is 16.5. The van der Waals surface area contributed by atoms with Crippen molar-refractivity contribution >= 4 is 5.82 Å². The Balaban J connectivity index is 2.13. The topological polar surface area (TPSA) is 37.4 Å². The Labute approximate surface area is 96.6 Å². The maximum atomic E-state index is 5.33. The monoisotopic (exact) mass is 221 g/mol. The molecule has 0 aromatic carbocycles. The molecule has 1 aliphatic rings. The van der Waals surface area contributed by atoms with Crippen LogP contribution in [0.15, 0.2) is 12.3 Å². The highest BCUT2D eigenvalue weighted by atomic mass is 16.5. The summed E-state index contributed by atoms with van der Waals surface area (Å²) in [6.45, 7) is 6.51. The first-order chi connectivity index (χ1) is 7.81. The van der Waals surface area contributed by atoms with E-state index in [9.17, 15) is 0 Å². The molecule has 0 atom stereocenters. The number of anilines is 1. The quantitative estimate of drug-likeness (QED) is 0.824. The van der Waals surface area contributed by atoms with E-state index in [0.717, 1.165) is 38.7 Å². The summed E-state index contributed by atoms with van der Waals surface area (Å²) in [5, 5.41) is 3.15. The Hall–Kier alpha value is -1.13. The molecule has 0 saturated carbocycles. The van der Waals surface area contributed by atoms with Gasteiger partial charge in [-0.3, -0.25) is 0 Å². The van der Waals surface area contributed by atoms with Gasteiger partial charge in [-0.05, 0) is 31.2 Å². The first-order valence-corrected chi connectivity index (χ1v) is 5.74. The van der Waals surface area contributed by atoms with Crippen LogP contribution in [0.4, 0.5) is 5.82 Å². The molecule has 1 saturated heterocycles. The van der Waals surface area contributed by atoms with E-state index in [1.807, 2.05) is 13.2 Å². The van der Waals surface area contributed by atoms with Crippen LogP contribution >= 0.6 is 0 Å². The Bertz CT molecular complexity index is 348. The lowest BCUT2D eigenvalue weighted by molar-refractivity contribution is 0.122. The van der Waals surface area contributed by atoms with E-state index in [2.05, 4.69) is 28.2 Å². The summed E-state index contributed by atoms with van der Waals surface area (Å²) in [7, 11) is 1.95. The van der Waals surface area contributed by atoms with Gasteiger partial charge in [-0.1, -0.05) is 0 Å². The maximum Gasteiger partial charge on any atom is 0.128 e. The predicted octanol–water partition coefficient (Wildman–Crippen LogP) is 0.946. The second-order valence-corrected chi connectivity index (χ2v) is 4.10. The number of nitrogens with one attached hydrogen (secondary N) is 1. The van der Waals surface area contributed by atoms with Gasteiger partial charge in [0, 0.05) is 25.8 Å². The summed E-state index contributed by atoms with van der Waals surface area (Å²) < 4.78 is 5.33. The summed E-state index contributed by atoms with van der Waals surface area (Å²) in [6, 6.07) is 2.16. The van der Waals surface area contributed by atoms with Gasteiger partial charge in [0.1, 0.15) is 5.82 Å². The summed E-state index contributed by atoms with van der Waals surface area (Å²) >= 11 is 0. The van der Waals surface area contributed by atoms with Gasteiger partial charge in [0.15, 0.2) is 0 Å². The molecule has 1 N–H and O–H groups in total. The van der Waals surface area contributed by atoms with Crippen LogP contribution in [0.1, 0.15) is 11.1 Å². The first-order valence-electron chi connectivity index (χ1n) is 5.74. The Morgan fingerprint density at radius 3 is 2.81 bits per heavy atom. The molecule has 1 aromatic heterocycles. The van der Waals surface area contributed by atoms with Crippen molar-refractivity contribution in [3.05, 3.63) is 23.4 Å². The SMILES string of the molecule is CNCc1cnc(N2CCOCC2)cc1C. The van der Waals surface area contributed by atoms with Crippen LogP contribution in [0.2, 0.25) is 0 Å². The summed E-state index contributed by atoms with van der Waals surface area (Å²) in [5.41, 5.74) is 2.56. The van der Waals surface area contributed by atoms with Crippen LogP contribution in [0.3, 0.4) is 0 Å². The molecule has 0 spiro atoms. The van der Waals surface area contributed by atoms with Gasteiger partial charge >= 0.3 is 0 Å². The van der Waals surface area contributed by atoms with Crippen molar-refractivity contribution in [3.63, 3.8) is 0 Å². The number of hydrogen-bond acceptors (Lipinski definition) is 4. The van der Waals surface area contributed by atoms with Crippen molar-refractivity contribution in [2.45, 2.75) is 13.5 Å². The van der Waals surface area contributed by atoms with Crippen molar-refractivity contribution < 1.29 is 4.74 Å². The van der Waals surface area contributed by atoms with Crippen molar-refractivity contribution in [3.8, 4) is 0 Å². The number of aryl methyl sites for hydroxylation is 1. The van der Waals surface area contributed by atoms with Crippen LogP contribution in [0.25, 0.3) is 0 Å². The number of rotatable bonds is 3. The number of nitrogens with zero attached hydrogens (tertiary/aromatic N) is 2. The minimum atomic E-state index is 0.805. The third-order valence-electron chi connectivity index (χ3n) is 2.91. The highest BCUT2D eigenvalue weighted by molar-refractivity contribution is 5.43. The van der Waals surface area contributed by atoms with Gasteiger partial charge in [0.2, 0.25) is 0 Å². The van der Waals surface area contributed by atoms with Crippen molar-refractivity contribution in [2.75, 3.05) is 38.3 Å². The van der Waals surface area contributed by atoms with Crippen LogP contribution < -0.4 is 10.2 Å². The average molecular weight is 221 g/mol. The molecule has 1 aromatic rings. The minimum absolute atomic E-state index is 0.805. The van der Waals surface area contributed by atoms with E-state index < -0.39 is 0 Å². The Morgan fingerprint density at radius 1 is 1.44 bits per heavy atom. The fourth-order valence-corrected chi connectivity index (χ4v) is 1.91. The lowest BCUT2D eigenvalue weighted by Crippen LogP contribution is -2.36. The van der Waals surface area contributed by atoms with Gasteiger partial charge < -0.3 is 15.0 Å². The standard InChI is InChI=1S/C12H19N3O/c1-10-7-12(14-9-11(10)8-13-2)15-3-5-16-6-4-15/h7,9,13H,3-6,8H2,1-2H3. The van der Waals surface area contributed by atoms with Crippen molar-refractivity contribution in [2.24, 2.45) is 0 Å². The molecule has 1 fully saturated rings. The van der Waals surface area contributed by atoms with Crippen molar-refractivity contribution in [1.82, 2.24) is 10.3 Å². The molecule has 4 heteroatoms. The fraction of sp³-hybridized carbons (Fsp3) is 0.583. The molecular weight excluding hydrogens is 202 g/mol. The number of pyridine rings is 1. The molecule has 0 radical (unpaired) electrons. The van der Waals surface area contributed by atoms with E-state index in [0.29, 0.717) is 0 Å². The number of ether oxygens (including phenoxy) is 1. The second kappa shape index (κ2) is 5.27. The van der Waals surface area contributed by atoms with Crippen LogP contribution in [0, 0.1) is 6.92 Å². The largest absolute Gasteiger partial charge is 0.378 e. The zero-order valence-electron chi connectivity index (χ0n) is 9.99. The van der Waals surface area contributed by atoms with E-state index >= 15 is 0 Å². The molecule has 2 heterocycles. The molecular formula is C12H19N3O. The van der Waals surface area contributed by atoms with E-state index in [1.54, 1.807) is 0 Å². The molecule has 0 bridgehead atoms. The van der Waals surface area contributed by atoms with Crippen LogP contribution in [-0.4, -0.2) is 38.3 Å². The van der Waals surface area contributed by atoms with Gasteiger partial charge in [-0.15, -0.1) is 0 Å². The smallest absolute Gasteiger partial charge is 0.128 e. The lowest BCUT2D eigenvalue weighted by atomic mass is 10.1. The molecule has 0 unspecified atom stereocenters. The Morgan fingerprint density at radius 2 is 2.19 bits per heavy atom. The zero-order chi connectivity index (χ0) is 11.4. The third kappa shape index (κ3) is 2.51. The molecule has 2 rings (SSSR count). The highest BCUT2D eigenvalue weighted by Gasteiger charge is 2.12. The summed E-state index contributed by atoms with van der Waals surface area (Å²) in [4.78, 5) is 6.79. The van der Waals surface area contributed by atoms with E-state index in [-0.39, 0.29) is 0 Å². The highest BCUT2D eigenvalue weighted by Crippen LogP contribution is 2.16. The summed E-state index contributed by atoms with van der Waals surface area (Å²) in [6.07, 6.45) is 1.97. The van der Waals surface area contributed by atoms with Gasteiger partial charge in [-0.2, -0.15) is 0 Å². The molecule has 16 heavy (non-hydrogen) atoms. The number of morpholine rings is 1. The van der Waals surface area contributed by atoms with Gasteiger partial charge in [0.05, 0.1) is 13.2 Å². The lowest BCUT2D eigenvalue weighted by Gasteiger charge is -2.28. The molecule has 88 valence electrons. The molecule has 0 aliphatic carbocycles. The fourth-order valence-electron chi connectivity index (χ4n) is 1.91. The summed E-state index contributed by atoms with van der Waals surface area (Å²) in [5.74, 6) is 1.07. The molecule has 1 aliphatic heterocycles. The number of aromatic nitrogens is 1. The third-order valence-corrected chi connectivity index (χ3v) is 2.91. The van der Waals surface area contributed by atoms with E-state index in [1.165, 1.54) is 11.1 Å².